The molecule has 1 aliphatic rings. The molecule has 35 heavy (non-hydrogen) atoms. The number of hydrogen-bond acceptors (Lipinski definition) is 7. The van der Waals surface area contributed by atoms with Crippen molar-refractivity contribution in [2.75, 3.05) is 46.6 Å². The first kappa shape index (κ1) is 30.7. The zero-order valence-corrected chi connectivity index (χ0v) is 21.6. The molecule has 2 rings (SSSR count). The summed E-state index contributed by atoms with van der Waals surface area (Å²) in [5.74, 6) is -1.38. The molecular formula is C26H43NO8. The minimum absolute atomic E-state index is 0.165. The molecule has 1 fully saturated rings. The average molecular weight is 498 g/mol. The molecule has 200 valence electrons. The largest absolute Gasteiger partial charge is 0.493 e. The van der Waals surface area contributed by atoms with Crippen LogP contribution in [0.5, 0.6) is 11.5 Å². The summed E-state index contributed by atoms with van der Waals surface area (Å²) in [5, 5.41) is 14.8. The van der Waals surface area contributed by atoms with Gasteiger partial charge in [0.25, 0.3) is 0 Å². The number of methoxy groups -OCH3 is 1. The fourth-order valence-electron chi connectivity index (χ4n) is 3.86. The van der Waals surface area contributed by atoms with E-state index >= 15 is 0 Å². The first-order chi connectivity index (χ1) is 16.8. The number of benzene rings is 1. The molecule has 1 heterocycles. The van der Waals surface area contributed by atoms with Crippen LogP contribution >= 0.6 is 0 Å². The van der Waals surface area contributed by atoms with Crippen LogP contribution in [0.1, 0.15) is 52.9 Å². The molecular weight excluding hydrogens is 454 g/mol. The Kier molecular flexibility index (Phi) is 15.8. The van der Waals surface area contributed by atoms with E-state index < -0.39 is 11.9 Å². The molecule has 1 aromatic rings. The van der Waals surface area contributed by atoms with Crippen LogP contribution in [-0.2, 0) is 19.1 Å². The van der Waals surface area contributed by atoms with Crippen molar-refractivity contribution >= 4 is 11.9 Å². The lowest BCUT2D eigenvalue weighted by Crippen LogP contribution is -2.46. The van der Waals surface area contributed by atoms with E-state index in [1.807, 2.05) is 38.1 Å². The number of aliphatic carboxylic acids is 2. The monoisotopic (exact) mass is 497 g/mol. The van der Waals surface area contributed by atoms with Gasteiger partial charge in [-0.1, -0.05) is 25.8 Å². The van der Waals surface area contributed by atoms with Crippen LogP contribution in [0.25, 0.3) is 0 Å². The van der Waals surface area contributed by atoms with Gasteiger partial charge in [-0.25, -0.2) is 9.59 Å². The van der Waals surface area contributed by atoms with Crippen LogP contribution < -0.4 is 9.47 Å². The molecule has 0 aromatic heterocycles. The Hall–Kier alpha value is -2.36. The number of piperidine rings is 1. The van der Waals surface area contributed by atoms with Gasteiger partial charge in [-0.3, -0.25) is 0 Å². The summed E-state index contributed by atoms with van der Waals surface area (Å²) in [6, 6.07) is 7.93. The maximum Gasteiger partial charge on any atom is 0.414 e. The first-order valence-corrected chi connectivity index (χ1v) is 12.4. The van der Waals surface area contributed by atoms with Crippen molar-refractivity contribution in [1.29, 1.82) is 0 Å². The zero-order chi connectivity index (χ0) is 26.1. The minimum atomic E-state index is -1.82. The van der Waals surface area contributed by atoms with Gasteiger partial charge in [0.15, 0.2) is 0 Å². The van der Waals surface area contributed by atoms with Crippen molar-refractivity contribution in [2.45, 2.75) is 65.1 Å². The van der Waals surface area contributed by atoms with E-state index in [9.17, 15) is 0 Å². The van der Waals surface area contributed by atoms with E-state index in [4.69, 9.17) is 38.7 Å². The van der Waals surface area contributed by atoms with Gasteiger partial charge < -0.3 is 34.1 Å². The predicted molar refractivity (Wildman–Crippen MR) is 133 cm³/mol. The molecule has 9 nitrogen and oxygen atoms in total. The van der Waals surface area contributed by atoms with Gasteiger partial charge in [0, 0.05) is 19.7 Å². The topological polar surface area (TPSA) is 115 Å². The second kappa shape index (κ2) is 18.0. The molecule has 0 amide bonds. The van der Waals surface area contributed by atoms with Crippen molar-refractivity contribution in [1.82, 2.24) is 4.90 Å². The smallest absolute Gasteiger partial charge is 0.414 e. The summed E-state index contributed by atoms with van der Waals surface area (Å²) in [5.41, 5.74) is 0. The summed E-state index contributed by atoms with van der Waals surface area (Å²) < 4.78 is 23.2. The SMILES string of the molecule is CCCCCN1CCC(CCOc2cccc(OC(C)C)c2)C(OCCOC)C1.O=C(O)C(=O)O. The third-order valence-corrected chi connectivity index (χ3v) is 5.59. The molecule has 0 aliphatic carbocycles. The number of carboxylic acid groups (broad SMARTS) is 2. The Morgan fingerprint density at radius 2 is 1.80 bits per heavy atom. The highest BCUT2D eigenvalue weighted by Crippen LogP contribution is 2.26. The summed E-state index contributed by atoms with van der Waals surface area (Å²) in [4.78, 5) is 20.8. The Balaban J connectivity index is 0.000000905. The van der Waals surface area contributed by atoms with Crippen LogP contribution in [0.3, 0.4) is 0 Å². The Morgan fingerprint density at radius 1 is 1.09 bits per heavy atom. The summed E-state index contributed by atoms with van der Waals surface area (Å²) in [7, 11) is 1.73. The van der Waals surface area contributed by atoms with Crippen molar-refractivity contribution in [3.63, 3.8) is 0 Å². The molecule has 1 aromatic carbocycles. The van der Waals surface area contributed by atoms with Gasteiger partial charge in [0.1, 0.15) is 11.5 Å². The highest BCUT2D eigenvalue weighted by atomic mass is 16.5. The average Bonchev–Trinajstić information content (AvgIpc) is 2.81. The van der Waals surface area contributed by atoms with E-state index in [1.54, 1.807) is 7.11 Å². The molecule has 9 heteroatoms. The van der Waals surface area contributed by atoms with Crippen LogP contribution in [0.15, 0.2) is 24.3 Å². The lowest BCUT2D eigenvalue weighted by Gasteiger charge is -2.38. The number of hydrogen-bond donors (Lipinski definition) is 2. The molecule has 1 aliphatic heterocycles. The second-order valence-electron chi connectivity index (χ2n) is 8.85. The Labute approximate surface area is 209 Å². The van der Waals surface area contributed by atoms with Crippen LogP contribution in [0.4, 0.5) is 0 Å². The summed E-state index contributed by atoms with van der Waals surface area (Å²) in [6.07, 6.45) is 6.47. The molecule has 0 saturated carbocycles. The van der Waals surface area contributed by atoms with Gasteiger partial charge in [0.05, 0.1) is 32.0 Å². The Bertz CT molecular complexity index is 715. The number of ether oxygens (including phenoxy) is 4. The number of carboxylic acids is 2. The zero-order valence-electron chi connectivity index (χ0n) is 21.6. The van der Waals surface area contributed by atoms with Crippen molar-refractivity contribution in [2.24, 2.45) is 5.92 Å². The normalized spacial score (nSPS) is 18.0. The summed E-state index contributed by atoms with van der Waals surface area (Å²) >= 11 is 0. The molecule has 0 spiro atoms. The van der Waals surface area contributed by atoms with Crippen molar-refractivity contribution in [3.8, 4) is 11.5 Å². The molecule has 2 N–H and O–H groups in total. The minimum Gasteiger partial charge on any atom is -0.493 e. The number of likely N-dealkylation sites (tertiary alicyclic amines) is 1. The standard InChI is InChI=1S/C24H41NO4.C2H2O4/c1-5-6-7-13-25-14-11-21(24(19-25)28-17-16-26-4)12-15-27-22-9-8-10-23(18-22)29-20(2)3;3-1(4)2(5)6/h8-10,18,20-21,24H,5-7,11-17,19H2,1-4H3;(H,3,4)(H,5,6). The van der Waals surface area contributed by atoms with E-state index in [0.29, 0.717) is 25.7 Å². The predicted octanol–water partition coefficient (Wildman–Crippen LogP) is 3.94. The molecule has 0 radical (unpaired) electrons. The van der Waals surface area contributed by atoms with Crippen LogP contribution in [0, 0.1) is 5.92 Å². The van der Waals surface area contributed by atoms with E-state index in [-0.39, 0.29) is 12.2 Å². The number of unbranched alkanes of at least 4 members (excludes halogenated alkanes) is 2. The van der Waals surface area contributed by atoms with E-state index in [2.05, 4.69) is 11.8 Å². The third-order valence-electron chi connectivity index (χ3n) is 5.59. The van der Waals surface area contributed by atoms with Gasteiger partial charge in [-0.05, 0) is 64.3 Å². The van der Waals surface area contributed by atoms with Gasteiger partial charge >= 0.3 is 11.9 Å². The third kappa shape index (κ3) is 13.9. The second-order valence-corrected chi connectivity index (χ2v) is 8.85. The van der Waals surface area contributed by atoms with Crippen molar-refractivity contribution < 1.29 is 38.7 Å². The maximum atomic E-state index is 9.10. The number of carbonyl (C=O) groups is 2. The highest BCUT2D eigenvalue weighted by molar-refractivity contribution is 6.27. The summed E-state index contributed by atoms with van der Waals surface area (Å²) in [6.45, 7) is 11.7. The highest BCUT2D eigenvalue weighted by Gasteiger charge is 2.29. The molecule has 1 saturated heterocycles. The molecule has 2 unspecified atom stereocenters. The molecule has 2 atom stereocenters. The van der Waals surface area contributed by atoms with Gasteiger partial charge in [0.2, 0.25) is 0 Å². The Morgan fingerprint density at radius 3 is 2.43 bits per heavy atom. The maximum absolute atomic E-state index is 9.10. The fourth-order valence-corrected chi connectivity index (χ4v) is 3.86. The van der Waals surface area contributed by atoms with Gasteiger partial charge in [-0.15, -0.1) is 0 Å². The lowest BCUT2D eigenvalue weighted by atomic mass is 9.90. The van der Waals surface area contributed by atoms with Crippen LogP contribution in [-0.4, -0.2) is 85.8 Å². The van der Waals surface area contributed by atoms with Crippen LogP contribution in [0.2, 0.25) is 0 Å². The molecule has 0 bridgehead atoms. The van der Waals surface area contributed by atoms with Gasteiger partial charge in [-0.2, -0.15) is 0 Å². The number of rotatable bonds is 14. The number of nitrogens with zero attached hydrogens (tertiary/aromatic N) is 1. The fraction of sp³-hybridized carbons (Fsp3) is 0.692. The van der Waals surface area contributed by atoms with E-state index in [1.165, 1.54) is 32.2 Å². The van der Waals surface area contributed by atoms with Crippen molar-refractivity contribution in [3.05, 3.63) is 24.3 Å². The lowest BCUT2D eigenvalue weighted by molar-refractivity contribution is -0.159. The first-order valence-electron chi connectivity index (χ1n) is 12.4. The quantitative estimate of drug-likeness (QED) is 0.291. The van der Waals surface area contributed by atoms with E-state index in [0.717, 1.165) is 31.0 Å².